The molecule has 0 atom stereocenters. The number of hydrogen-bond acceptors (Lipinski definition) is 5. The van der Waals surface area contributed by atoms with Crippen LogP contribution in [0.4, 0.5) is 5.69 Å². The molecule has 0 aliphatic rings. The quantitative estimate of drug-likeness (QED) is 0.602. The molecular weight excluding hydrogens is 362 g/mol. The summed E-state index contributed by atoms with van der Waals surface area (Å²) in [6.07, 6.45) is 3.23. The third kappa shape index (κ3) is 4.76. The van der Waals surface area contributed by atoms with Crippen LogP contribution in [0, 0.1) is 0 Å². The maximum Gasteiger partial charge on any atom is 0.361 e. The Morgan fingerprint density at radius 2 is 2.12 bits per heavy atom. The minimum absolute atomic E-state index is 0.0704. The fourth-order valence-corrected chi connectivity index (χ4v) is 2.73. The zero-order chi connectivity index (χ0) is 18.6. The molecule has 2 rings (SSSR count). The van der Waals surface area contributed by atoms with Crippen LogP contribution >= 0.6 is 23.4 Å². The van der Waals surface area contributed by atoms with Crippen LogP contribution in [0.2, 0.25) is 5.02 Å². The number of benzene rings is 1. The second-order valence-electron chi connectivity index (χ2n) is 5.50. The first kappa shape index (κ1) is 19.3. The topological polar surface area (TPSA) is 73.2 Å². The van der Waals surface area contributed by atoms with Gasteiger partial charge in [-0.1, -0.05) is 11.6 Å². The average molecular weight is 382 g/mol. The Morgan fingerprint density at radius 1 is 1.40 bits per heavy atom. The number of halogens is 1. The zero-order valence-electron chi connectivity index (χ0n) is 14.5. The molecule has 8 heteroatoms. The van der Waals surface area contributed by atoms with Gasteiger partial charge in [-0.05, 0) is 45.2 Å². The number of thioether (sulfide) groups is 1. The van der Waals surface area contributed by atoms with Crippen molar-refractivity contribution in [3.63, 3.8) is 0 Å². The number of carbonyl (C=O) groups is 2. The smallest absolute Gasteiger partial charge is 0.361 e. The molecule has 0 spiro atoms. The highest BCUT2D eigenvalue weighted by molar-refractivity contribution is 7.98. The Morgan fingerprint density at radius 3 is 2.72 bits per heavy atom. The Hall–Kier alpha value is -1.99. The predicted molar refractivity (Wildman–Crippen MR) is 99.6 cm³/mol. The number of nitrogens with one attached hydrogen (secondary N) is 1. The molecular formula is C17H20ClN3O3S. The summed E-state index contributed by atoms with van der Waals surface area (Å²) in [6.45, 7) is 5.94. The summed E-state index contributed by atoms with van der Waals surface area (Å²) < 4.78 is 6.75. The Labute approximate surface area is 155 Å². The molecule has 1 aromatic heterocycles. The van der Waals surface area contributed by atoms with Gasteiger partial charge in [-0.3, -0.25) is 9.48 Å². The lowest BCUT2D eigenvalue weighted by Crippen LogP contribution is -2.17. The summed E-state index contributed by atoms with van der Waals surface area (Å²) in [5, 5.41) is 7.22. The second-order valence-corrected chi connectivity index (χ2v) is 6.79. The highest BCUT2D eigenvalue weighted by atomic mass is 35.5. The van der Waals surface area contributed by atoms with Crippen LogP contribution < -0.4 is 5.32 Å². The number of rotatable bonds is 6. The van der Waals surface area contributed by atoms with E-state index in [4.69, 9.17) is 16.3 Å². The standard InChI is InChI=1S/C17H20ClN3O3S/c1-5-21-9-14(15(20-21)17(23)24-10(2)3)19-16(22)12-8-11(25-4)6-7-13(12)18/h6-10H,5H2,1-4H3,(H,19,22). The van der Waals surface area contributed by atoms with Crippen LogP contribution in [-0.2, 0) is 11.3 Å². The number of aryl methyl sites for hydroxylation is 1. The minimum Gasteiger partial charge on any atom is -0.458 e. The van der Waals surface area contributed by atoms with E-state index in [2.05, 4.69) is 10.4 Å². The molecule has 1 amide bonds. The first-order valence-corrected chi connectivity index (χ1v) is 9.39. The number of aromatic nitrogens is 2. The van der Waals surface area contributed by atoms with Crippen molar-refractivity contribution in [1.82, 2.24) is 9.78 Å². The molecule has 1 N–H and O–H groups in total. The van der Waals surface area contributed by atoms with Gasteiger partial charge in [0.1, 0.15) is 0 Å². The lowest BCUT2D eigenvalue weighted by Gasteiger charge is -2.09. The highest BCUT2D eigenvalue weighted by Gasteiger charge is 2.22. The van der Waals surface area contributed by atoms with E-state index in [1.165, 1.54) is 11.8 Å². The fraction of sp³-hybridized carbons (Fsp3) is 0.353. The maximum absolute atomic E-state index is 12.6. The molecule has 1 aromatic carbocycles. The number of carbonyl (C=O) groups excluding carboxylic acids is 2. The van der Waals surface area contributed by atoms with Crippen molar-refractivity contribution in [3.05, 3.63) is 40.7 Å². The number of ether oxygens (including phenoxy) is 1. The summed E-state index contributed by atoms with van der Waals surface area (Å²) in [7, 11) is 0. The predicted octanol–water partition coefficient (Wildman–Crippen LogP) is 4.10. The van der Waals surface area contributed by atoms with Gasteiger partial charge in [-0.15, -0.1) is 11.8 Å². The van der Waals surface area contributed by atoms with Crippen molar-refractivity contribution in [3.8, 4) is 0 Å². The maximum atomic E-state index is 12.6. The average Bonchev–Trinajstić information content (AvgIpc) is 2.97. The molecule has 0 aliphatic heterocycles. The minimum atomic E-state index is -0.582. The van der Waals surface area contributed by atoms with Crippen LogP contribution in [0.15, 0.2) is 29.3 Å². The van der Waals surface area contributed by atoms with Crippen LogP contribution in [-0.4, -0.2) is 34.0 Å². The van der Waals surface area contributed by atoms with E-state index in [0.29, 0.717) is 22.8 Å². The van der Waals surface area contributed by atoms with Crippen LogP contribution in [0.5, 0.6) is 0 Å². The molecule has 25 heavy (non-hydrogen) atoms. The lowest BCUT2D eigenvalue weighted by atomic mass is 10.2. The van der Waals surface area contributed by atoms with Crippen molar-refractivity contribution in [2.24, 2.45) is 0 Å². The monoisotopic (exact) mass is 381 g/mol. The molecule has 0 unspecified atom stereocenters. The van der Waals surface area contributed by atoms with Gasteiger partial charge in [0.2, 0.25) is 0 Å². The van der Waals surface area contributed by atoms with Gasteiger partial charge in [-0.25, -0.2) is 4.79 Å². The third-order valence-electron chi connectivity index (χ3n) is 3.29. The zero-order valence-corrected chi connectivity index (χ0v) is 16.1. The van der Waals surface area contributed by atoms with Crippen molar-refractivity contribution in [2.45, 2.75) is 38.3 Å². The molecule has 1 heterocycles. The lowest BCUT2D eigenvalue weighted by molar-refractivity contribution is 0.0371. The second kappa shape index (κ2) is 8.40. The van der Waals surface area contributed by atoms with Gasteiger partial charge in [0.05, 0.1) is 22.4 Å². The molecule has 2 aromatic rings. The molecule has 0 bridgehead atoms. The van der Waals surface area contributed by atoms with Gasteiger partial charge < -0.3 is 10.1 Å². The number of hydrogen-bond donors (Lipinski definition) is 1. The van der Waals surface area contributed by atoms with Crippen molar-refractivity contribution < 1.29 is 14.3 Å². The van der Waals surface area contributed by atoms with E-state index in [-0.39, 0.29) is 11.8 Å². The Kier molecular flexibility index (Phi) is 6.50. The summed E-state index contributed by atoms with van der Waals surface area (Å²) in [6, 6.07) is 5.22. The number of amides is 1. The highest BCUT2D eigenvalue weighted by Crippen LogP contribution is 2.25. The van der Waals surface area contributed by atoms with E-state index in [1.807, 2.05) is 19.2 Å². The fourth-order valence-electron chi connectivity index (χ4n) is 2.09. The first-order chi connectivity index (χ1) is 11.8. The van der Waals surface area contributed by atoms with Gasteiger partial charge in [0.25, 0.3) is 5.91 Å². The first-order valence-electron chi connectivity index (χ1n) is 7.79. The molecule has 0 fully saturated rings. The largest absolute Gasteiger partial charge is 0.458 e. The van der Waals surface area contributed by atoms with Crippen LogP contribution in [0.1, 0.15) is 41.6 Å². The number of esters is 1. The SMILES string of the molecule is CCn1cc(NC(=O)c2cc(SC)ccc2Cl)c(C(=O)OC(C)C)n1. The van der Waals surface area contributed by atoms with Crippen molar-refractivity contribution in [1.29, 1.82) is 0 Å². The van der Waals surface area contributed by atoms with E-state index >= 15 is 0 Å². The Bertz CT molecular complexity index is 789. The summed E-state index contributed by atoms with van der Waals surface area (Å²) in [5.41, 5.74) is 0.699. The van der Waals surface area contributed by atoms with Crippen LogP contribution in [0.25, 0.3) is 0 Å². The van der Waals surface area contributed by atoms with Crippen molar-refractivity contribution in [2.75, 3.05) is 11.6 Å². The van der Waals surface area contributed by atoms with Crippen molar-refractivity contribution >= 4 is 40.9 Å². The summed E-state index contributed by atoms with van der Waals surface area (Å²) in [4.78, 5) is 25.7. The van der Waals surface area contributed by atoms with Gasteiger partial charge in [-0.2, -0.15) is 5.10 Å². The summed E-state index contributed by atoms with van der Waals surface area (Å²) in [5.74, 6) is -0.989. The van der Waals surface area contributed by atoms with E-state index < -0.39 is 11.9 Å². The summed E-state index contributed by atoms with van der Waals surface area (Å²) >= 11 is 7.64. The molecule has 0 saturated heterocycles. The number of nitrogens with zero attached hydrogens (tertiary/aromatic N) is 2. The van der Waals surface area contributed by atoms with E-state index in [0.717, 1.165) is 4.90 Å². The molecule has 0 radical (unpaired) electrons. The normalized spacial score (nSPS) is 10.8. The van der Waals surface area contributed by atoms with Gasteiger partial charge >= 0.3 is 5.97 Å². The van der Waals surface area contributed by atoms with Gasteiger partial charge in [0.15, 0.2) is 5.69 Å². The third-order valence-corrected chi connectivity index (χ3v) is 4.34. The molecule has 0 saturated carbocycles. The van der Waals surface area contributed by atoms with E-state index in [1.54, 1.807) is 36.9 Å². The van der Waals surface area contributed by atoms with E-state index in [9.17, 15) is 9.59 Å². The number of anilines is 1. The Balaban J connectivity index is 2.31. The molecule has 0 aliphatic carbocycles. The van der Waals surface area contributed by atoms with Crippen LogP contribution in [0.3, 0.4) is 0 Å². The van der Waals surface area contributed by atoms with Gasteiger partial charge in [0, 0.05) is 17.6 Å². The molecule has 6 nitrogen and oxygen atoms in total. The molecule has 134 valence electrons.